The Hall–Kier alpha value is -5.19. The van der Waals surface area contributed by atoms with Gasteiger partial charge in [-0.2, -0.15) is 13.2 Å². The first-order valence-corrected chi connectivity index (χ1v) is 25.8. The monoisotopic (exact) mass is 888 g/mol. The largest absolute Gasteiger partial charge is 0.416 e. The van der Waals surface area contributed by atoms with E-state index in [-0.39, 0.29) is 32.7 Å². The molecule has 0 radical (unpaired) electrons. The van der Waals surface area contributed by atoms with Crippen LogP contribution in [0, 0.1) is 23.3 Å². The summed E-state index contributed by atoms with van der Waals surface area (Å²) in [6.07, 6.45) is 7.43. The number of aromatic nitrogens is 2. The van der Waals surface area contributed by atoms with Crippen molar-refractivity contribution in [3.63, 3.8) is 0 Å². The van der Waals surface area contributed by atoms with Gasteiger partial charge in [0, 0.05) is 51.3 Å². The molecule has 0 bridgehead atoms. The normalized spacial score (nSPS) is 12.3. The first-order chi connectivity index (χ1) is 30.5. The summed E-state index contributed by atoms with van der Waals surface area (Å²) in [6.45, 7) is 18.2. The maximum atomic E-state index is 14.2. The molecule has 338 valence electrons. The lowest BCUT2D eigenvalue weighted by Crippen LogP contribution is -2.43. The molecule has 0 saturated heterocycles. The van der Waals surface area contributed by atoms with Crippen LogP contribution in [-0.2, 0) is 19.3 Å². The summed E-state index contributed by atoms with van der Waals surface area (Å²) >= 11 is 0. The standard InChI is InChI=1S/C54H63F3N2O4Si/c1-9-11-13-15-17-19-28-58-50(60)46-31-42-40(26-23-38-21-24-39(25-22-38)54(55,56)57)43-32-47-49(53(63)59(51(47)61)29-20-18-16-14-12-10-2)34-45(43)41(44(42)33-48(46)52(58)62)27-30-64(35(3)4,36(5)6)37(7)8/h21-22,24-25,31-37H,9-20,28-29H2,1-8H3. The van der Waals surface area contributed by atoms with E-state index < -0.39 is 30.9 Å². The fraction of sp³-hybridized carbons (Fsp3) is 0.481. The molecule has 0 amide bonds. The number of benzene rings is 4. The minimum absolute atomic E-state index is 0.243. The topological polar surface area (TPSA) is 78.1 Å². The summed E-state index contributed by atoms with van der Waals surface area (Å²) in [5.41, 5.74) is 3.74. The van der Waals surface area contributed by atoms with E-state index in [4.69, 9.17) is 0 Å². The lowest BCUT2D eigenvalue weighted by Gasteiger charge is -2.38. The van der Waals surface area contributed by atoms with Crippen LogP contribution in [0.1, 0.15) is 155 Å². The van der Waals surface area contributed by atoms with Crippen LogP contribution in [0.4, 0.5) is 13.2 Å². The van der Waals surface area contributed by atoms with Gasteiger partial charge in [0.1, 0.15) is 8.07 Å². The Labute approximate surface area is 376 Å². The SMILES string of the molecule is CCCCCCCCn1c(=O)c2cc3c(C#Cc4ccc(C(F)(F)F)cc4)c4cc5c(=O)n(CCCCCCCC)c(=O)c5cc4c(C#C[Si](C(C)C)(C(C)C)C(C)C)c3cc2c1=O. The number of rotatable bonds is 17. The second-order valence-corrected chi connectivity index (χ2v) is 24.2. The van der Waals surface area contributed by atoms with Crippen LogP contribution in [0.15, 0.2) is 67.7 Å². The van der Waals surface area contributed by atoms with Crippen LogP contribution >= 0.6 is 0 Å². The Morgan fingerprint density at radius 2 is 0.828 bits per heavy atom. The molecule has 0 aliphatic rings. The maximum Gasteiger partial charge on any atom is 0.416 e. The number of halogens is 3. The molecule has 2 heterocycles. The van der Waals surface area contributed by atoms with Gasteiger partial charge in [0.25, 0.3) is 22.2 Å². The third kappa shape index (κ3) is 9.59. The van der Waals surface area contributed by atoms with Gasteiger partial charge in [-0.15, -0.1) is 5.54 Å². The number of hydrogen-bond acceptors (Lipinski definition) is 4. The van der Waals surface area contributed by atoms with E-state index in [1.54, 1.807) is 24.3 Å². The van der Waals surface area contributed by atoms with Gasteiger partial charge in [0.2, 0.25) is 0 Å². The van der Waals surface area contributed by atoms with Crippen molar-refractivity contribution < 1.29 is 13.2 Å². The Kier molecular flexibility index (Phi) is 15.3. The summed E-state index contributed by atoms with van der Waals surface area (Å²) in [5, 5.41) is 3.25. The van der Waals surface area contributed by atoms with Gasteiger partial charge in [-0.3, -0.25) is 28.3 Å². The minimum atomic E-state index is -4.52. The molecule has 0 N–H and O–H groups in total. The summed E-state index contributed by atoms with van der Waals surface area (Å²) in [4.78, 5) is 56.7. The Bertz CT molecular complexity index is 2830. The summed E-state index contributed by atoms with van der Waals surface area (Å²) in [6, 6.07) is 11.5. The third-order valence-corrected chi connectivity index (χ3v) is 19.9. The van der Waals surface area contributed by atoms with Crippen molar-refractivity contribution >= 4 is 51.2 Å². The molecule has 6 rings (SSSR count). The lowest BCUT2D eigenvalue weighted by molar-refractivity contribution is -0.137. The van der Waals surface area contributed by atoms with Crippen molar-refractivity contribution in [3.05, 3.63) is 112 Å². The molecular weight excluding hydrogens is 826 g/mol. The fourth-order valence-corrected chi connectivity index (χ4v) is 15.3. The van der Waals surface area contributed by atoms with E-state index in [0.29, 0.717) is 80.8 Å². The smallest absolute Gasteiger partial charge is 0.274 e. The number of fused-ring (bicyclic) bond motifs is 4. The molecule has 2 aromatic heterocycles. The molecule has 0 aliphatic heterocycles. The predicted octanol–water partition coefficient (Wildman–Crippen LogP) is 12.9. The van der Waals surface area contributed by atoms with Crippen LogP contribution in [0.25, 0.3) is 43.1 Å². The van der Waals surface area contributed by atoms with E-state index in [0.717, 1.165) is 76.3 Å². The maximum absolute atomic E-state index is 14.2. The molecule has 6 nitrogen and oxygen atoms in total. The van der Waals surface area contributed by atoms with Gasteiger partial charge in [-0.25, -0.2) is 0 Å². The first kappa shape index (κ1) is 48.3. The quantitative estimate of drug-likeness (QED) is 0.0395. The fourth-order valence-electron chi connectivity index (χ4n) is 10.0. The van der Waals surface area contributed by atoms with E-state index in [9.17, 15) is 32.3 Å². The van der Waals surface area contributed by atoms with Crippen molar-refractivity contribution in [1.82, 2.24) is 9.13 Å². The van der Waals surface area contributed by atoms with Crippen molar-refractivity contribution in [2.24, 2.45) is 0 Å². The van der Waals surface area contributed by atoms with Crippen molar-refractivity contribution in [2.75, 3.05) is 0 Å². The Balaban J connectivity index is 1.70. The average Bonchev–Trinajstić information content (AvgIpc) is 3.62. The number of hydrogen-bond donors (Lipinski definition) is 0. The summed E-state index contributed by atoms with van der Waals surface area (Å²) in [5.74, 6) is 9.96. The van der Waals surface area contributed by atoms with Gasteiger partial charge in [-0.1, -0.05) is 137 Å². The van der Waals surface area contributed by atoms with Gasteiger partial charge in [-0.05, 0) is 78.0 Å². The molecule has 10 heteroatoms. The highest BCUT2D eigenvalue weighted by Crippen LogP contribution is 2.42. The van der Waals surface area contributed by atoms with E-state index in [1.165, 1.54) is 21.3 Å². The van der Waals surface area contributed by atoms with Crippen LogP contribution in [0.5, 0.6) is 0 Å². The zero-order valence-corrected chi connectivity index (χ0v) is 39.9. The van der Waals surface area contributed by atoms with E-state index in [1.807, 2.05) is 0 Å². The minimum Gasteiger partial charge on any atom is -0.274 e. The van der Waals surface area contributed by atoms with Crippen LogP contribution in [0.3, 0.4) is 0 Å². The molecule has 4 aromatic carbocycles. The lowest BCUT2D eigenvalue weighted by atomic mass is 9.89. The number of unbranched alkanes of at least 4 members (excludes halogenated alkanes) is 10. The Morgan fingerprint density at radius 1 is 0.484 bits per heavy atom. The van der Waals surface area contributed by atoms with Crippen molar-refractivity contribution in [3.8, 4) is 23.3 Å². The van der Waals surface area contributed by atoms with Crippen LogP contribution in [0.2, 0.25) is 16.6 Å². The van der Waals surface area contributed by atoms with E-state index in [2.05, 4.69) is 78.7 Å². The van der Waals surface area contributed by atoms with Gasteiger partial charge >= 0.3 is 6.18 Å². The average molecular weight is 889 g/mol. The molecule has 0 fully saturated rings. The van der Waals surface area contributed by atoms with Crippen LogP contribution < -0.4 is 22.2 Å². The summed E-state index contributed by atoms with van der Waals surface area (Å²) < 4.78 is 43.2. The molecule has 64 heavy (non-hydrogen) atoms. The molecular formula is C54H63F3N2O4Si. The zero-order valence-electron chi connectivity index (χ0n) is 38.9. The number of alkyl halides is 3. The molecule has 0 saturated carbocycles. The summed E-state index contributed by atoms with van der Waals surface area (Å²) in [7, 11) is -2.37. The molecule has 0 spiro atoms. The molecule has 0 aliphatic carbocycles. The van der Waals surface area contributed by atoms with Gasteiger partial charge in [0.15, 0.2) is 0 Å². The van der Waals surface area contributed by atoms with Crippen molar-refractivity contribution in [1.29, 1.82) is 0 Å². The van der Waals surface area contributed by atoms with Gasteiger partial charge < -0.3 is 0 Å². The van der Waals surface area contributed by atoms with Crippen molar-refractivity contribution in [2.45, 2.75) is 168 Å². The molecule has 0 unspecified atom stereocenters. The highest BCUT2D eigenvalue weighted by molar-refractivity contribution is 6.90. The number of nitrogens with zero attached hydrogens (tertiary/aromatic N) is 2. The van der Waals surface area contributed by atoms with Gasteiger partial charge in [0.05, 0.1) is 27.1 Å². The predicted molar refractivity (Wildman–Crippen MR) is 262 cm³/mol. The van der Waals surface area contributed by atoms with E-state index >= 15 is 0 Å². The highest BCUT2D eigenvalue weighted by atomic mass is 28.3. The first-order valence-electron chi connectivity index (χ1n) is 23.5. The molecule has 0 atom stereocenters. The zero-order chi connectivity index (χ0) is 46.5. The Morgan fingerprint density at radius 3 is 1.17 bits per heavy atom. The third-order valence-electron chi connectivity index (χ3n) is 13.6. The van der Waals surface area contributed by atoms with Crippen LogP contribution in [-0.4, -0.2) is 17.2 Å². The highest BCUT2D eigenvalue weighted by Gasteiger charge is 2.42. The molecule has 6 aromatic rings. The second-order valence-electron chi connectivity index (χ2n) is 18.7. The second kappa shape index (κ2) is 20.3.